The number of carbonyl (C=O) groups excluding carboxylic acids is 2. The normalized spacial score (nSPS) is 12.8. The Bertz CT molecular complexity index is 1470. The number of fused-ring (bicyclic) bond motifs is 1. The van der Waals surface area contributed by atoms with Gasteiger partial charge in [0, 0.05) is 12.1 Å². The van der Waals surface area contributed by atoms with Gasteiger partial charge in [-0.1, -0.05) is 12.1 Å². The van der Waals surface area contributed by atoms with Crippen molar-refractivity contribution in [1.29, 1.82) is 0 Å². The molecule has 0 radical (unpaired) electrons. The van der Waals surface area contributed by atoms with Gasteiger partial charge in [-0.3, -0.25) is 4.79 Å². The average molecular weight is 576 g/mol. The molecule has 0 spiro atoms. The Balaban J connectivity index is 2.20. The number of carbonyl (C=O) groups is 2. The number of hydrogen-bond donors (Lipinski definition) is 0. The Morgan fingerprint density at radius 3 is 1.74 bits per heavy atom. The number of halogens is 10. The molecule has 0 aliphatic carbocycles. The van der Waals surface area contributed by atoms with Gasteiger partial charge in [-0.15, -0.1) is 0 Å². The zero-order valence-electron chi connectivity index (χ0n) is 18.7. The molecule has 7 nitrogen and oxygen atoms in total. The van der Waals surface area contributed by atoms with Gasteiger partial charge in [0.15, 0.2) is 0 Å². The largest absolute Gasteiger partial charge is 0.497 e. The summed E-state index contributed by atoms with van der Waals surface area (Å²) in [5.74, 6) is -21.4. The second-order valence-corrected chi connectivity index (χ2v) is 7.42. The lowest BCUT2D eigenvalue weighted by Crippen LogP contribution is -2.46. The van der Waals surface area contributed by atoms with Gasteiger partial charge < -0.3 is 18.6 Å². The van der Waals surface area contributed by atoms with Crippen LogP contribution in [0, 0.1) is 0 Å². The monoisotopic (exact) mass is 576 g/mol. The molecule has 1 heterocycles. The molecule has 0 bridgehead atoms. The molecule has 0 saturated carbocycles. The molecule has 210 valence electrons. The highest BCUT2D eigenvalue weighted by molar-refractivity contribution is 5.92. The molecule has 0 atom stereocenters. The minimum atomic E-state index is -6.49. The molecule has 0 fully saturated rings. The van der Waals surface area contributed by atoms with Crippen LogP contribution in [0.3, 0.4) is 0 Å². The van der Waals surface area contributed by atoms with Gasteiger partial charge in [0.05, 0.1) is 12.7 Å². The standard InChI is InChI=1S/C22H10F10O7/c1-36-10-4-2-9(3-5-10)12-8-37-13-6-11(38-17(34)19(23,24)21(27,28)29)7-14(15(13)16(12)33)39-18(35)20(25,26)22(30,31)32/h2-8H,1H3. The molecule has 17 heteroatoms. The lowest BCUT2D eigenvalue weighted by atomic mass is 10.0. The molecule has 0 aliphatic heterocycles. The fourth-order valence-electron chi connectivity index (χ4n) is 2.87. The summed E-state index contributed by atoms with van der Waals surface area (Å²) in [6, 6.07) is 5.65. The van der Waals surface area contributed by atoms with Gasteiger partial charge in [-0.05, 0) is 17.7 Å². The van der Waals surface area contributed by atoms with Crippen molar-refractivity contribution in [3.8, 4) is 28.4 Å². The van der Waals surface area contributed by atoms with Crippen LogP contribution in [0.4, 0.5) is 43.9 Å². The third-order valence-corrected chi connectivity index (χ3v) is 4.85. The second-order valence-electron chi connectivity index (χ2n) is 7.42. The predicted octanol–water partition coefficient (Wildman–Crippen LogP) is 5.67. The van der Waals surface area contributed by atoms with E-state index in [1.165, 1.54) is 31.4 Å². The van der Waals surface area contributed by atoms with E-state index in [4.69, 9.17) is 9.15 Å². The van der Waals surface area contributed by atoms with Crippen molar-refractivity contribution >= 4 is 22.9 Å². The number of benzene rings is 2. The zero-order valence-corrected chi connectivity index (χ0v) is 18.7. The summed E-state index contributed by atoms with van der Waals surface area (Å²) in [4.78, 5) is 36.2. The van der Waals surface area contributed by atoms with Gasteiger partial charge >= 0.3 is 36.1 Å². The molecule has 0 aliphatic rings. The quantitative estimate of drug-likeness (QED) is 0.212. The Morgan fingerprint density at radius 2 is 1.26 bits per heavy atom. The number of esters is 2. The Hall–Kier alpha value is -4.31. The molecule has 0 N–H and O–H groups in total. The molecular formula is C22H10F10O7. The summed E-state index contributed by atoms with van der Waals surface area (Å²) in [7, 11) is 1.31. The third kappa shape index (κ3) is 5.46. The van der Waals surface area contributed by atoms with Crippen LogP contribution in [0.25, 0.3) is 22.1 Å². The van der Waals surface area contributed by atoms with Crippen LogP contribution < -0.4 is 19.6 Å². The minimum Gasteiger partial charge on any atom is -0.497 e. The molecule has 0 amide bonds. The van der Waals surface area contributed by atoms with Gasteiger partial charge in [-0.2, -0.15) is 43.9 Å². The average Bonchev–Trinajstić information content (AvgIpc) is 2.82. The summed E-state index contributed by atoms with van der Waals surface area (Å²) in [6.45, 7) is 0. The number of alkyl halides is 10. The lowest BCUT2D eigenvalue weighted by Gasteiger charge is -2.19. The molecule has 1 aromatic heterocycles. The molecule has 2 aromatic carbocycles. The van der Waals surface area contributed by atoms with E-state index in [0.29, 0.717) is 18.1 Å². The first-order chi connectivity index (χ1) is 17.8. The van der Waals surface area contributed by atoms with E-state index in [9.17, 15) is 58.3 Å². The highest BCUT2D eigenvalue weighted by Gasteiger charge is 2.66. The summed E-state index contributed by atoms with van der Waals surface area (Å²) in [5.41, 5.74) is -2.49. The Kier molecular flexibility index (Phi) is 7.33. The number of ether oxygens (including phenoxy) is 3. The van der Waals surface area contributed by atoms with Crippen molar-refractivity contribution in [3.63, 3.8) is 0 Å². The number of methoxy groups -OCH3 is 1. The highest BCUT2D eigenvalue weighted by atomic mass is 19.4. The Morgan fingerprint density at radius 1 is 0.744 bits per heavy atom. The van der Waals surface area contributed by atoms with E-state index in [1.807, 2.05) is 0 Å². The summed E-state index contributed by atoms with van der Waals surface area (Å²) in [5, 5.41) is -1.03. The molecule has 3 aromatic rings. The van der Waals surface area contributed by atoms with E-state index in [0.717, 1.165) is 0 Å². The fourth-order valence-corrected chi connectivity index (χ4v) is 2.87. The van der Waals surface area contributed by atoms with Crippen molar-refractivity contribution < 1.29 is 72.1 Å². The zero-order chi connectivity index (χ0) is 29.6. The van der Waals surface area contributed by atoms with Crippen molar-refractivity contribution in [2.75, 3.05) is 7.11 Å². The molecule has 0 saturated heterocycles. The van der Waals surface area contributed by atoms with Crippen molar-refractivity contribution in [2.45, 2.75) is 24.2 Å². The molecule has 0 unspecified atom stereocenters. The maximum absolute atomic E-state index is 13.5. The lowest BCUT2D eigenvalue weighted by molar-refractivity contribution is -0.276. The van der Waals surface area contributed by atoms with Crippen LogP contribution in [-0.2, 0) is 9.59 Å². The van der Waals surface area contributed by atoms with E-state index in [1.54, 1.807) is 0 Å². The highest BCUT2D eigenvalue weighted by Crippen LogP contribution is 2.40. The fraction of sp³-hybridized carbons (Fsp3) is 0.227. The van der Waals surface area contributed by atoms with E-state index in [-0.39, 0.29) is 11.6 Å². The van der Waals surface area contributed by atoms with E-state index in [2.05, 4.69) is 9.47 Å². The Labute approximate surface area is 208 Å². The first-order valence-corrected chi connectivity index (χ1v) is 9.89. The summed E-state index contributed by atoms with van der Waals surface area (Å²) < 4.78 is 147. The second kappa shape index (κ2) is 9.77. The SMILES string of the molecule is COc1ccc(-c2coc3cc(OC(=O)C(F)(F)C(F)(F)F)cc(OC(=O)C(F)(F)C(F)(F)F)c3c2=O)cc1. The molecule has 39 heavy (non-hydrogen) atoms. The summed E-state index contributed by atoms with van der Waals surface area (Å²) >= 11 is 0. The van der Waals surface area contributed by atoms with Gasteiger partial charge in [0.1, 0.15) is 34.5 Å². The number of rotatable bonds is 6. The smallest absolute Gasteiger partial charge is 0.465 e. The predicted molar refractivity (Wildman–Crippen MR) is 108 cm³/mol. The van der Waals surface area contributed by atoms with Crippen molar-refractivity contribution in [1.82, 2.24) is 0 Å². The van der Waals surface area contributed by atoms with Crippen LogP contribution in [-0.4, -0.2) is 43.2 Å². The number of hydrogen-bond acceptors (Lipinski definition) is 7. The van der Waals surface area contributed by atoms with Crippen LogP contribution in [0.1, 0.15) is 0 Å². The third-order valence-electron chi connectivity index (χ3n) is 4.85. The van der Waals surface area contributed by atoms with Crippen LogP contribution in [0.2, 0.25) is 0 Å². The van der Waals surface area contributed by atoms with Crippen LogP contribution >= 0.6 is 0 Å². The minimum absolute atomic E-state index is 0.00572. The molecular weight excluding hydrogens is 566 g/mol. The van der Waals surface area contributed by atoms with E-state index >= 15 is 0 Å². The van der Waals surface area contributed by atoms with Crippen molar-refractivity contribution in [3.05, 3.63) is 52.9 Å². The van der Waals surface area contributed by atoms with Crippen LogP contribution in [0.15, 0.2) is 51.9 Å². The maximum atomic E-state index is 13.5. The maximum Gasteiger partial charge on any atom is 0.465 e. The van der Waals surface area contributed by atoms with Gasteiger partial charge in [-0.25, -0.2) is 9.59 Å². The van der Waals surface area contributed by atoms with Gasteiger partial charge in [0.25, 0.3) is 0 Å². The molecule has 3 rings (SSSR count). The van der Waals surface area contributed by atoms with Crippen molar-refractivity contribution in [2.24, 2.45) is 0 Å². The van der Waals surface area contributed by atoms with E-state index < -0.39 is 69.6 Å². The van der Waals surface area contributed by atoms with Gasteiger partial charge in [0.2, 0.25) is 5.43 Å². The topological polar surface area (TPSA) is 92.0 Å². The van der Waals surface area contributed by atoms with Crippen LogP contribution in [0.5, 0.6) is 17.2 Å². The first-order valence-electron chi connectivity index (χ1n) is 9.89. The summed E-state index contributed by atoms with van der Waals surface area (Å²) in [6.07, 6.45) is -12.2. The first kappa shape index (κ1) is 29.2.